The number of hydrogen-bond acceptors (Lipinski definition) is 6. The normalized spacial score (nSPS) is 14.6. The minimum Gasteiger partial charge on any atom is -0.494 e. The third kappa shape index (κ3) is 6.32. The van der Waals surface area contributed by atoms with Gasteiger partial charge in [0, 0.05) is 28.0 Å². The van der Waals surface area contributed by atoms with Crippen molar-refractivity contribution in [2.75, 3.05) is 23.0 Å². The summed E-state index contributed by atoms with van der Waals surface area (Å²) in [5.74, 6) is -0.371. The summed E-state index contributed by atoms with van der Waals surface area (Å²) in [6, 6.07) is 32.6. The lowest BCUT2D eigenvalue weighted by atomic mass is 9.82. The van der Waals surface area contributed by atoms with Gasteiger partial charge < -0.3 is 20.7 Å². The van der Waals surface area contributed by atoms with E-state index in [9.17, 15) is 14.9 Å². The van der Waals surface area contributed by atoms with Crippen LogP contribution in [0.4, 0.5) is 11.4 Å². The molecule has 1 heterocycles. The van der Waals surface area contributed by atoms with E-state index >= 15 is 0 Å². The van der Waals surface area contributed by atoms with Crippen LogP contribution in [0.25, 0.3) is 10.8 Å². The number of fused-ring (bicyclic) bond motifs is 1. The Morgan fingerprint density at radius 1 is 0.929 bits per heavy atom. The zero-order valence-corrected chi connectivity index (χ0v) is 24.1. The van der Waals surface area contributed by atoms with Gasteiger partial charge in [0.1, 0.15) is 5.75 Å². The Balaban J connectivity index is 1.43. The summed E-state index contributed by atoms with van der Waals surface area (Å²) < 4.78 is 5.61. The molecule has 4 aromatic rings. The first-order valence-electron chi connectivity index (χ1n) is 13.6. The van der Waals surface area contributed by atoms with Crippen molar-refractivity contribution in [3.8, 4) is 11.8 Å². The van der Waals surface area contributed by atoms with Crippen molar-refractivity contribution in [2.24, 2.45) is 0 Å². The van der Waals surface area contributed by atoms with E-state index in [0.29, 0.717) is 39.9 Å². The Hall–Kier alpha value is -5.00. The van der Waals surface area contributed by atoms with Crippen LogP contribution in [0.3, 0.4) is 0 Å². The Morgan fingerprint density at radius 2 is 1.64 bits per heavy atom. The van der Waals surface area contributed by atoms with Crippen molar-refractivity contribution >= 4 is 45.7 Å². The molecule has 8 heteroatoms. The van der Waals surface area contributed by atoms with Gasteiger partial charge in [0.25, 0.3) is 5.91 Å². The van der Waals surface area contributed by atoms with Gasteiger partial charge in [-0.3, -0.25) is 9.59 Å². The van der Waals surface area contributed by atoms with Crippen molar-refractivity contribution in [1.82, 2.24) is 5.32 Å². The first-order chi connectivity index (χ1) is 20.5. The molecule has 0 unspecified atom stereocenters. The number of anilines is 2. The molecule has 42 heavy (non-hydrogen) atoms. The second kappa shape index (κ2) is 13.1. The summed E-state index contributed by atoms with van der Waals surface area (Å²) in [6.45, 7) is 4.25. The van der Waals surface area contributed by atoms with E-state index in [-0.39, 0.29) is 17.6 Å². The minimum absolute atomic E-state index is 0.0750. The van der Waals surface area contributed by atoms with E-state index in [1.165, 1.54) is 11.8 Å². The van der Waals surface area contributed by atoms with Gasteiger partial charge in [-0.05, 0) is 55.1 Å². The molecule has 3 N–H and O–H groups in total. The highest BCUT2D eigenvalue weighted by molar-refractivity contribution is 8.03. The number of hydrogen-bond donors (Lipinski definition) is 3. The Morgan fingerprint density at radius 3 is 2.38 bits per heavy atom. The predicted molar refractivity (Wildman–Crippen MR) is 169 cm³/mol. The number of thioether (sulfide) groups is 1. The van der Waals surface area contributed by atoms with E-state index in [0.717, 1.165) is 22.0 Å². The molecule has 1 aliphatic heterocycles. The fourth-order valence-electron chi connectivity index (χ4n) is 4.96. The molecule has 1 atom stereocenters. The van der Waals surface area contributed by atoms with Crippen LogP contribution in [0.2, 0.25) is 0 Å². The lowest BCUT2D eigenvalue weighted by molar-refractivity contribution is -0.114. The van der Waals surface area contributed by atoms with E-state index in [1.807, 2.05) is 111 Å². The number of dihydropyridines is 1. The third-order valence-corrected chi connectivity index (χ3v) is 7.88. The first-order valence-corrected chi connectivity index (χ1v) is 14.6. The van der Waals surface area contributed by atoms with Crippen LogP contribution in [0, 0.1) is 11.3 Å². The summed E-state index contributed by atoms with van der Waals surface area (Å²) in [5.41, 5.74) is 3.56. The number of benzene rings is 4. The molecule has 0 saturated heterocycles. The van der Waals surface area contributed by atoms with Crippen molar-refractivity contribution in [2.45, 2.75) is 19.8 Å². The van der Waals surface area contributed by atoms with Crippen LogP contribution in [-0.2, 0) is 9.59 Å². The van der Waals surface area contributed by atoms with E-state index in [2.05, 4.69) is 22.0 Å². The van der Waals surface area contributed by atoms with Crippen LogP contribution >= 0.6 is 11.8 Å². The maximum absolute atomic E-state index is 13.6. The summed E-state index contributed by atoms with van der Waals surface area (Å²) in [5, 5.41) is 22.1. The summed E-state index contributed by atoms with van der Waals surface area (Å²) in [4.78, 5) is 26.7. The van der Waals surface area contributed by atoms with Crippen LogP contribution < -0.4 is 20.7 Å². The maximum Gasteiger partial charge on any atom is 0.254 e. The molecule has 1 aliphatic rings. The van der Waals surface area contributed by atoms with Gasteiger partial charge in [-0.15, -0.1) is 0 Å². The molecule has 0 aromatic heterocycles. The molecule has 2 amide bonds. The molecular formula is C34H30N4O3S. The third-order valence-electron chi connectivity index (χ3n) is 6.86. The van der Waals surface area contributed by atoms with Gasteiger partial charge in [0.15, 0.2) is 0 Å². The molecule has 0 radical (unpaired) electrons. The number of nitrogens with zero attached hydrogens (tertiary/aromatic N) is 1. The van der Waals surface area contributed by atoms with Crippen molar-refractivity contribution in [3.05, 3.63) is 124 Å². The minimum atomic E-state index is -0.640. The highest BCUT2D eigenvalue weighted by Gasteiger charge is 2.35. The van der Waals surface area contributed by atoms with Gasteiger partial charge >= 0.3 is 0 Å². The summed E-state index contributed by atoms with van der Waals surface area (Å²) in [6.07, 6.45) is 0. The molecule has 7 nitrogen and oxygen atoms in total. The number of allylic oxidation sites excluding steroid dienone is 2. The highest BCUT2D eigenvalue weighted by Crippen LogP contribution is 2.41. The largest absolute Gasteiger partial charge is 0.494 e. The zero-order chi connectivity index (χ0) is 29.5. The van der Waals surface area contributed by atoms with Crippen molar-refractivity contribution < 1.29 is 14.3 Å². The van der Waals surface area contributed by atoms with Crippen LogP contribution in [0.1, 0.15) is 25.3 Å². The second-order valence-corrected chi connectivity index (χ2v) is 10.6. The molecule has 0 saturated carbocycles. The second-order valence-electron chi connectivity index (χ2n) is 9.64. The molecule has 210 valence electrons. The maximum atomic E-state index is 13.6. The number of para-hydroxylation sites is 1. The molecular weight excluding hydrogens is 544 g/mol. The number of carbonyl (C=O) groups excluding carboxylic acids is 2. The van der Waals surface area contributed by atoms with E-state index in [4.69, 9.17) is 4.74 Å². The highest BCUT2D eigenvalue weighted by atomic mass is 32.2. The SMILES string of the molecule is CCOc1ccc([C@H]2C(C#N)=C(SCC(=O)Nc3cccc4ccccc34)NC(C)=C2C(=O)Nc2ccccc2)cc1. The van der Waals surface area contributed by atoms with Gasteiger partial charge in [-0.25, -0.2) is 0 Å². The standard InChI is InChI=1S/C34H30N4O3S/c1-3-41-26-18-16-24(17-19-26)32-28(20-35)34(36-22(2)31(32)33(40)37-25-12-5-4-6-13-25)42-21-30(39)38-29-15-9-11-23-10-7-8-14-27(23)29/h4-19,32,36H,3,21H2,1-2H3,(H,37,40)(H,38,39)/t32-/m0/s1. The number of nitrogens with one attached hydrogen (secondary N) is 3. The van der Waals surface area contributed by atoms with Gasteiger partial charge in [-0.2, -0.15) is 5.26 Å². The lowest BCUT2D eigenvalue weighted by Crippen LogP contribution is -2.31. The quantitative estimate of drug-likeness (QED) is 0.200. The van der Waals surface area contributed by atoms with Crippen LogP contribution in [-0.4, -0.2) is 24.2 Å². The van der Waals surface area contributed by atoms with E-state index in [1.54, 1.807) is 0 Å². The first kappa shape index (κ1) is 28.5. The zero-order valence-electron chi connectivity index (χ0n) is 23.3. The topological polar surface area (TPSA) is 103 Å². The van der Waals surface area contributed by atoms with Gasteiger partial charge in [0.2, 0.25) is 5.91 Å². The Labute approximate surface area is 249 Å². The van der Waals surface area contributed by atoms with Gasteiger partial charge in [-0.1, -0.05) is 78.5 Å². The Kier molecular flexibility index (Phi) is 8.90. The molecule has 0 bridgehead atoms. The predicted octanol–water partition coefficient (Wildman–Crippen LogP) is 6.95. The molecule has 0 spiro atoms. The van der Waals surface area contributed by atoms with Crippen molar-refractivity contribution in [3.63, 3.8) is 0 Å². The van der Waals surface area contributed by atoms with Crippen LogP contribution in [0.15, 0.2) is 119 Å². The summed E-state index contributed by atoms with van der Waals surface area (Å²) in [7, 11) is 0. The number of nitriles is 1. The number of carbonyl (C=O) groups is 2. The molecule has 0 fully saturated rings. The molecule has 4 aromatic carbocycles. The number of rotatable bonds is 9. The average Bonchev–Trinajstić information content (AvgIpc) is 3.01. The fourth-order valence-corrected chi connectivity index (χ4v) is 5.85. The molecule has 5 rings (SSSR count). The van der Waals surface area contributed by atoms with Gasteiger partial charge in [0.05, 0.1) is 34.9 Å². The van der Waals surface area contributed by atoms with E-state index < -0.39 is 5.92 Å². The summed E-state index contributed by atoms with van der Waals surface area (Å²) >= 11 is 1.24. The fraction of sp³-hybridized carbons (Fsp3) is 0.147. The number of ether oxygens (including phenoxy) is 1. The molecule has 0 aliphatic carbocycles. The van der Waals surface area contributed by atoms with Crippen LogP contribution in [0.5, 0.6) is 5.75 Å². The number of amides is 2. The monoisotopic (exact) mass is 574 g/mol. The smallest absolute Gasteiger partial charge is 0.254 e. The Bertz CT molecular complexity index is 1720. The van der Waals surface area contributed by atoms with Crippen molar-refractivity contribution in [1.29, 1.82) is 5.26 Å². The lowest BCUT2D eigenvalue weighted by Gasteiger charge is -2.30. The average molecular weight is 575 g/mol.